The van der Waals surface area contributed by atoms with Gasteiger partial charge >= 0.3 is 11.9 Å². The van der Waals surface area contributed by atoms with Gasteiger partial charge in [-0.3, -0.25) is 4.99 Å². The van der Waals surface area contributed by atoms with Crippen molar-refractivity contribution in [3.8, 4) is 0 Å². The third-order valence-corrected chi connectivity index (χ3v) is 5.86. The summed E-state index contributed by atoms with van der Waals surface area (Å²) in [6.45, 7) is 1.86. The number of benzene rings is 1. The Labute approximate surface area is 163 Å². The van der Waals surface area contributed by atoms with E-state index in [1.54, 1.807) is 23.1 Å². The molecule has 140 valence electrons. The van der Waals surface area contributed by atoms with Gasteiger partial charge in [0.1, 0.15) is 0 Å². The number of rotatable bonds is 4. The summed E-state index contributed by atoms with van der Waals surface area (Å²) in [6, 6.07) is 8.43. The first-order valence-electron chi connectivity index (χ1n) is 7.95. The summed E-state index contributed by atoms with van der Waals surface area (Å²) >= 11 is 3.36. The first-order chi connectivity index (χ1) is 13.0. The lowest BCUT2D eigenvalue weighted by Gasteiger charge is -2.16. The second-order valence-electron chi connectivity index (χ2n) is 5.50. The van der Waals surface area contributed by atoms with Crippen molar-refractivity contribution in [3.05, 3.63) is 52.3 Å². The largest absolute Gasteiger partial charge is 0.478 e. The van der Waals surface area contributed by atoms with Gasteiger partial charge in [0.2, 0.25) is 0 Å². The Morgan fingerprint density at radius 1 is 1.19 bits per heavy atom. The molecule has 0 aliphatic carbocycles. The summed E-state index contributed by atoms with van der Waals surface area (Å²) in [5.74, 6) is -2.51. The highest BCUT2D eigenvalue weighted by atomic mass is 32.2. The van der Waals surface area contributed by atoms with Gasteiger partial charge in [-0.25, -0.2) is 9.59 Å². The second-order valence-corrected chi connectivity index (χ2v) is 7.48. The molecule has 3 N–H and O–H groups in total. The Hall–Kier alpha value is -2.62. The molecule has 0 amide bonds. The number of thiophene rings is 1. The van der Waals surface area contributed by atoms with Crippen LogP contribution in [-0.2, 0) is 9.59 Å². The molecule has 0 spiro atoms. The number of nitrogens with zero attached hydrogens (tertiary/aromatic N) is 2. The maximum absolute atomic E-state index is 9.61. The van der Waals surface area contributed by atoms with Crippen molar-refractivity contribution in [2.75, 3.05) is 19.7 Å². The van der Waals surface area contributed by atoms with E-state index in [-0.39, 0.29) is 6.61 Å². The molecule has 0 radical (unpaired) electrons. The van der Waals surface area contributed by atoms with Crippen molar-refractivity contribution in [2.45, 2.75) is 0 Å². The molecular weight excluding hydrogens is 388 g/mol. The van der Waals surface area contributed by atoms with Crippen LogP contribution in [0.2, 0.25) is 0 Å². The average molecular weight is 404 g/mol. The molecule has 3 heterocycles. The highest BCUT2D eigenvalue weighted by Crippen LogP contribution is 2.44. The van der Waals surface area contributed by atoms with E-state index in [1.165, 1.54) is 15.6 Å². The highest BCUT2D eigenvalue weighted by molar-refractivity contribution is 8.17. The number of carbonyl (C=O) groups is 2. The van der Waals surface area contributed by atoms with Crippen LogP contribution < -0.4 is 0 Å². The van der Waals surface area contributed by atoms with Crippen LogP contribution >= 0.6 is 23.1 Å². The summed E-state index contributed by atoms with van der Waals surface area (Å²) in [5, 5.41) is 29.7. The van der Waals surface area contributed by atoms with Crippen molar-refractivity contribution in [2.24, 2.45) is 4.99 Å². The molecule has 0 saturated heterocycles. The fourth-order valence-electron chi connectivity index (χ4n) is 2.74. The van der Waals surface area contributed by atoms with Gasteiger partial charge in [-0.15, -0.1) is 11.3 Å². The molecule has 0 saturated carbocycles. The van der Waals surface area contributed by atoms with E-state index in [0.29, 0.717) is 12.2 Å². The highest BCUT2D eigenvalue weighted by Gasteiger charge is 2.33. The van der Waals surface area contributed by atoms with E-state index in [1.807, 2.05) is 0 Å². The molecule has 9 heteroatoms. The van der Waals surface area contributed by atoms with E-state index in [4.69, 9.17) is 10.2 Å². The molecule has 0 fully saturated rings. The number of aliphatic imine (C=N–C) groups is 1. The van der Waals surface area contributed by atoms with Crippen molar-refractivity contribution in [1.29, 1.82) is 0 Å². The summed E-state index contributed by atoms with van der Waals surface area (Å²) in [6.07, 6.45) is 1.12. The molecule has 2 aliphatic rings. The Bertz CT molecular complexity index is 961. The molecule has 27 heavy (non-hydrogen) atoms. The SMILES string of the molecule is O=C(O)C=CC(=O)O.OCC1=C(c2csc3ccccc23)N2CCN=C2S1. The second kappa shape index (κ2) is 8.38. The molecule has 2 aromatic rings. The number of carboxylic acids is 2. The summed E-state index contributed by atoms with van der Waals surface area (Å²) in [7, 11) is 0. The van der Waals surface area contributed by atoms with Gasteiger partial charge in [-0.2, -0.15) is 0 Å². The van der Waals surface area contributed by atoms with Gasteiger partial charge in [-0.1, -0.05) is 30.0 Å². The lowest BCUT2D eigenvalue weighted by molar-refractivity contribution is -0.134. The zero-order valence-electron chi connectivity index (χ0n) is 14.0. The number of aliphatic hydroxyl groups excluding tert-OH is 1. The van der Waals surface area contributed by atoms with Gasteiger partial charge in [0.25, 0.3) is 0 Å². The van der Waals surface area contributed by atoms with Crippen LogP contribution in [0.4, 0.5) is 0 Å². The van der Waals surface area contributed by atoms with Crippen LogP contribution in [-0.4, -0.2) is 57.0 Å². The van der Waals surface area contributed by atoms with Crippen LogP contribution in [0, 0.1) is 0 Å². The van der Waals surface area contributed by atoms with E-state index in [2.05, 4.69) is 39.5 Å². The smallest absolute Gasteiger partial charge is 0.328 e. The average Bonchev–Trinajstić information content (AvgIpc) is 3.34. The molecule has 7 nitrogen and oxygen atoms in total. The van der Waals surface area contributed by atoms with Crippen LogP contribution in [0.3, 0.4) is 0 Å². The van der Waals surface area contributed by atoms with Crippen molar-refractivity contribution in [1.82, 2.24) is 4.90 Å². The predicted octanol–water partition coefficient (Wildman–Crippen LogP) is 2.69. The monoisotopic (exact) mass is 404 g/mol. The van der Waals surface area contributed by atoms with Gasteiger partial charge in [0.05, 0.1) is 18.8 Å². The first-order valence-corrected chi connectivity index (χ1v) is 9.65. The number of carboxylic acid groups (broad SMARTS) is 2. The minimum Gasteiger partial charge on any atom is -0.478 e. The predicted molar refractivity (Wildman–Crippen MR) is 107 cm³/mol. The fraction of sp³-hybridized carbons (Fsp3) is 0.167. The summed E-state index contributed by atoms with van der Waals surface area (Å²) in [5.41, 5.74) is 2.38. The molecule has 1 aromatic heterocycles. The molecule has 0 atom stereocenters. The van der Waals surface area contributed by atoms with Gasteiger partial charge in [0, 0.05) is 44.6 Å². The Morgan fingerprint density at radius 3 is 2.56 bits per heavy atom. The van der Waals surface area contributed by atoms with Crippen molar-refractivity contribution < 1.29 is 24.9 Å². The summed E-state index contributed by atoms with van der Waals surface area (Å²) < 4.78 is 1.29. The lowest BCUT2D eigenvalue weighted by atomic mass is 10.1. The summed E-state index contributed by atoms with van der Waals surface area (Å²) in [4.78, 5) is 26.9. The minimum atomic E-state index is -1.26. The fourth-order valence-corrected chi connectivity index (χ4v) is 4.73. The van der Waals surface area contributed by atoms with Gasteiger partial charge < -0.3 is 20.2 Å². The lowest BCUT2D eigenvalue weighted by Crippen LogP contribution is -2.19. The quantitative estimate of drug-likeness (QED) is 0.672. The number of thioether (sulfide) groups is 1. The van der Waals surface area contributed by atoms with Crippen molar-refractivity contribution in [3.63, 3.8) is 0 Å². The zero-order valence-corrected chi connectivity index (χ0v) is 15.7. The van der Waals surface area contributed by atoms with E-state index < -0.39 is 11.9 Å². The van der Waals surface area contributed by atoms with Crippen LogP contribution in [0.1, 0.15) is 5.56 Å². The maximum Gasteiger partial charge on any atom is 0.328 e. The third kappa shape index (κ3) is 4.21. The molecule has 1 aromatic carbocycles. The number of hydrogen-bond acceptors (Lipinski definition) is 7. The Morgan fingerprint density at radius 2 is 1.89 bits per heavy atom. The van der Waals surface area contributed by atoms with Gasteiger partial charge in [-0.05, 0) is 6.07 Å². The normalized spacial score (nSPS) is 15.7. The van der Waals surface area contributed by atoms with Crippen LogP contribution in [0.5, 0.6) is 0 Å². The molecule has 0 bridgehead atoms. The number of aliphatic hydroxyl groups is 1. The number of aliphatic carboxylic acids is 2. The number of fused-ring (bicyclic) bond motifs is 2. The molecular formula is C18H16N2O5S2. The van der Waals surface area contributed by atoms with Crippen LogP contribution in [0.15, 0.2) is 51.7 Å². The topological polar surface area (TPSA) is 110 Å². The number of hydrogen-bond donors (Lipinski definition) is 3. The molecule has 4 rings (SSSR count). The van der Waals surface area contributed by atoms with E-state index >= 15 is 0 Å². The van der Waals surface area contributed by atoms with Gasteiger partial charge in [0.15, 0.2) is 5.17 Å². The van der Waals surface area contributed by atoms with E-state index in [0.717, 1.165) is 28.9 Å². The third-order valence-electron chi connectivity index (χ3n) is 3.80. The maximum atomic E-state index is 9.61. The van der Waals surface area contributed by atoms with Crippen LogP contribution in [0.25, 0.3) is 15.8 Å². The molecule has 2 aliphatic heterocycles. The van der Waals surface area contributed by atoms with Crippen molar-refractivity contribution >= 4 is 56.0 Å². The Balaban J connectivity index is 0.000000226. The minimum absolute atomic E-state index is 0.0830. The van der Waals surface area contributed by atoms with E-state index in [9.17, 15) is 14.7 Å². The first kappa shape index (κ1) is 19.2. The zero-order chi connectivity index (χ0) is 19.4. The molecule has 0 unspecified atom stereocenters. The number of amidine groups is 1. The standard InChI is InChI=1S/C14H12N2OS2.C4H4O4/c17-7-12-13(16-6-5-15-14(16)19-12)10-8-18-11-4-2-1-3-9(10)11;5-3(6)1-2-4(7)8/h1-4,8,17H,5-7H2;1-2H,(H,5,6)(H,7,8). The Kier molecular flexibility index (Phi) is 5.94.